The molecular formula is C32H27CoN10O8S2. The molecule has 6 aromatic rings. The van der Waals surface area contributed by atoms with Gasteiger partial charge in [0.15, 0.2) is 0 Å². The summed E-state index contributed by atoms with van der Waals surface area (Å²) in [5.41, 5.74) is 0.148. The van der Waals surface area contributed by atoms with Gasteiger partial charge in [0.25, 0.3) is 11.1 Å². The molecule has 0 bridgehead atoms. The van der Waals surface area contributed by atoms with Gasteiger partial charge in [-0.3, -0.25) is 9.59 Å². The van der Waals surface area contributed by atoms with E-state index in [1.165, 1.54) is 9.36 Å². The van der Waals surface area contributed by atoms with Gasteiger partial charge in [-0.25, -0.2) is 27.1 Å². The Morgan fingerprint density at radius 2 is 0.925 bits per heavy atom. The second-order valence-corrected chi connectivity index (χ2v) is 13.8. The molecule has 4 aromatic carbocycles. The summed E-state index contributed by atoms with van der Waals surface area (Å²) in [5, 5.41) is 57.0. The van der Waals surface area contributed by atoms with Crippen LogP contribution in [0.15, 0.2) is 137 Å². The quantitative estimate of drug-likeness (QED) is 0.212. The number of hydrogen-bond acceptors (Lipinski definition) is 12. The SMILES string of the molecule is Cc1[n-]n(-c2ccccc2)c(=O)c1N=Nc1cc(S(N)(=O)=O)ccc1[O-].Cc1[n-]n(-c2ccccc2)c(=O)c1N=Nc1cc(S(N)(=O)=O)ccc1[O-].[Co+3].[H+]. The predicted molar refractivity (Wildman–Crippen MR) is 184 cm³/mol. The van der Waals surface area contributed by atoms with E-state index < -0.39 is 42.7 Å². The molecule has 6 rings (SSSR count). The number of rotatable bonds is 8. The normalized spacial score (nSPS) is 11.7. The van der Waals surface area contributed by atoms with Crippen LogP contribution in [-0.2, 0) is 36.8 Å². The number of sulfonamides is 2. The van der Waals surface area contributed by atoms with Gasteiger partial charge in [-0.1, -0.05) is 73.9 Å². The molecule has 0 aliphatic carbocycles. The van der Waals surface area contributed by atoms with Crippen molar-refractivity contribution in [2.45, 2.75) is 23.6 Å². The summed E-state index contributed by atoms with van der Waals surface area (Å²) in [4.78, 5) is 24.4. The number of para-hydroxylation sites is 2. The van der Waals surface area contributed by atoms with Crippen LogP contribution in [0.2, 0.25) is 0 Å². The minimum atomic E-state index is -3.99. The van der Waals surface area contributed by atoms with Gasteiger partial charge in [0.2, 0.25) is 20.0 Å². The van der Waals surface area contributed by atoms with Gasteiger partial charge in [0.1, 0.15) is 11.4 Å². The third-order valence-electron chi connectivity index (χ3n) is 7.01. The maximum absolute atomic E-state index is 12.5. The molecule has 0 atom stereocenters. The van der Waals surface area contributed by atoms with Crippen molar-refractivity contribution in [3.63, 3.8) is 0 Å². The Bertz CT molecular complexity index is 2490. The Balaban J connectivity index is 0.000000280. The van der Waals surface area contributed by atoms with E-state index in [0.717, 1.165) is 36.4 Å². The summed E-state index contributed by atoms with van der Waals surface area (Å²) < 4.78 is 47.9. The Kier molecular flexibility index (Phi) is 12.1. The third kappa shape index (κ3) is 9.28. The standard InChI is InChI=1S/2C16H15N5O4S.Co/c2*1-10-15(16(23)21(20-10)11-5-3-2-4-6-11)19-18-13-9-12(26(17,24)25)7-8-14(13)22;/h2*2-9H,1H3,(H4,17,18,19,20,22,23,24,25);/q;;+3/p-3. The average molecular weight is 803 g/mol. The first kappa shape index (κ1) is 39.8. The fourth-order valence-electron chi connectivity index (χ4n) is 4.43. The number of benzene rings is 4. The number of nitrogens with two attached hydrogens (primary N) is 2. The van der Waals surface area contributed by atoms with Crippen LogP contribution in [0.5, 0.6) is 11.5 Å². The van der Waals surface area contributed by atoms with E-state index in [9.17, 15) is 36.6 Å². The number of primary sulfonamides is 2. The third-order valence-corrected chi connectivity index (χ3v) is 8.83. The summed E-state index contributed by atoms with van der Waals surface area (Å²) in [6.45, 7) is 3.15. The molecule has 2 aromatic heterocycles. The van der Waals surface area contributed by atoms with E-state index >= 15 is 0 Å². The van der Waals surface area contributed by atoms with Crippen LogP contribution < -0.4 is 41.8 Å². The van der Waals surface area contributed by atoms with E-state index in [4.69, 9.17) is 10.3 Å². The first-order valence-corrected chi connectivity index (χ1v) is 17.8. The molecule has 0 fully saturated rings. The fourth-order valence-corrected chi connectivity index (χ4v) is 5.49. The molecular weight excluding hydrogens is 775 g/mol. The van der Waals surface area contributed by atoms with Crippen molar-refractivity contribution in [2.24, 2.45) is 30.7 Å². The molecule has 0 saturated carbocycles. The van der Waals surface area contributed by atoms with Crippen molar-refractivity contribution in [1.29, 1.82) is 0 Å². The van der Waals surface area contributed by atoms with Crippen LogP contribution >= 0.6 is 0 Å². The Labute approximate surface area is 312 Å². The van der Waals surface area contributed by atoms with Gasteiger partial charge in [0.05, 0.1) is 21.2 Å². The number of aryl methyl sites for hydroxylation is 2. The smallest absolute Gasteiger partial charge is 0.871 e. The summed E-state index contributed by atoms with van der Waals surface area (Å²) in [7, 11) is -7.98. The molecule has 0 aliphatic rings. The molecule has 0 radical (unpaired) electrons. The second kappa shape index (κ2) is 16.1. The van der Waals surface area contributed by atoms with Crippen LogP contribution in [0.3, 0.4) is 0 Å². The predicted octanol–water partition coefficient (Wildman–Crippen LogP) is 2.59. The molecule has 4 N–H and O–H groups in total. The fraction of sp³-hybridized carbons (Fsp3) is 0.0625. The van der Waals surface area contributed by atoms with Crippen molar-refractivity contribution in [2.75, 3.05) is 0 Å². The molecule has 274 valence electrons. The zero-order valence-electron chi connectivity index (χ0n) is 28.4. The molecule has 53 heavy (non-hydrogen) atoms. The monoisotopic (exact) mass is 802 g/mol. The zero-order valence-corrected chi connectivity index (χ0v) is 30.1. The van der Waals surface area contributed by atoms with Gasteiger partial charge in [-0.05, 0) is 48.5 Å². The molecule has 0 saturated heterocycles. The van der Waals surface area contributed by atoms with Gasteiger partial charge in [-0.2, -0.15) is 10.2 Å². The van der Waals surface area contributed by atoms with Gasteiger partial charge < -0.3 is 29.8 Å². The molecule has 0 amide bonds. The summed E-state index contributed by atoms with van der Waals surface area (Å²) in [6, 6.07) is 23.7. The topological polar surface area (TPSA) is 288 Å². The minimum absolute atomic E-state index is 0. The van der Waals surface area contributed by atoms with Crippen LogP contribution in [0.25, 0.3) is 11.4 Å². The largest absolute Gasteiger partial charge is 3.00 e. The van der Waals surface area contributed by atoms with E-state index in [1.54, 1.807) is 74.5 Å². The summed E-state index contributed by atoms with van der Waals surface area (Å²) in [6.07, 6.45) is 0. The van der Waals surface area contributed by atoms with Crippen LogP contribution in [0.1, 0.15) is 12.8 Å². The number of azo groups is 2. The Hall–Kier alpha value is -5.97. The zero-order chi connectivity index (χ0) is 37.8. The molecule has 21 heteroatoms. The first-order chi connectivity index (χ1) is 24.5. The summed E-state index contributed by atoms with van der Waals surface area (Å²) >= 11 is 0. The van der Waals surface area contributed by atoms with Crippen molar-refractivity contribution in [3.05, 3.63) is 129 Å². The maximum Gasteiger partial charge on any atom is 3.00 e. The van der Waals surface area contributed by atoms with Crippen molar-refractivity contribution < 1.29 is 45.3 Å². The summed E-state index contributed by atoms with van der Waals surface area (Å²) in [5.74, 6) is -1.11. The molecule has 0 aliphatic heterocycles. The van der Waals surface area contributed by atoms with Crippen LogP contribution in [0.4, 0.5) is 22.7 Å². The molecule has 0 spiro atoms. The number of nitrogens with zero attached hydrogens (tertiary/aromatic N) is 8. The van der Waals surface area contributed by atoms with Gasteiger partial charge >= 0.3 is 18.2 Å². The molecule has 0 unspecified atom stereocenters. The van der Waals surface area contributed by atoms with Crippen LogP contribution in [0, 0.1) is 13.8 Å². The minimum Gasteiger partial charge on any atom is -0.871 e. The van der Waals surface area contributed by atoms with E-state index in [2.05, 4.69) is 30.7 Å². The van der Waals surface area contributed by atoms with E-state index in [-0.39, 0.29) is 50.7 Å². The number of hydrogen-bond donors (Lipinski definition) is 2. The first-order valence-electron chi connectivity index (χ1n) is 14.7. The van der Waals surface area contributed by atoms with Gasteiger partial charge in [-0.15, -0.1) is 21.6 Å². The average Bonchev–Trinajstić information content (AvgIpc) is 3.56. The Morgan fingerprint density at radius 1 is 0.585 bits per heavy atom. The van der Waals surface area contributed by atoms with Crippen molar-refractivity contribution in [3.8, 4) is 22.9 Å². The van der Waals surface area contributed by atoms with Crippen LogP contribution in [-0.4, -0.2) is 26.2 Å². The molecule has 2 heterocycles. The second-order valence-electron chi connectivity index (χ2n) is 10.7. The molecule has 18 nitrogen and oxygen atoms in total. The Morgan fingerprint density at radius 3 is 1.25 bits per heavy atom. The number of aromatic nitrogens is 4. The maximum atomic E-state index is 12.5. The van der Waals surface area contributed by atoms with Gasteiger partial charge in [0, 0.05) is 11.4 Å². The van der Waals surface area contributed by atoms with E-state index in [1.807, 2.05) is 0 Å². The van der Waals surface area contributed by atoms with E-state index in [0.29, 0.717) is 22.8 Å². The van der Waals surface area contributed by atoms with Crippen molar-refractivity contribution in [1.82, 2.24) is 19.6 Å². The van der Waals surface area contributed by atoms with Crippen molar-refractivity contribution >= 4 is 42.8 Å².